The van der Waals surface area contributed by atoms with Gasteiger partial charge in [-0.3, -0.25) is 9.13 Å². The second kappa shape index (κ2) is 13.8. The van der Waals surface area contributed by atoms with Crippen LogP contribution in [0.4, 0.5) is 26.3 Å². The third-order valence-corrected chi connectivity index (χ3v) is 10.9. The van der Waals surface area contributed by atoms with Crippen molar-refractivity contribution in [3.8, 4) is 23.0 Å². The van der Waals surface area contributed by atoms with Crippen molar-refractivity contribution in [2.75, 3.05) is 28.4 Å². The number of halogens is 6. The van der Waals surface area contributed by atoms with Gasteiger partial charge in [0.2, 0.25) is 5.41 Å². The highest BCUT2D eigenvalue weighted by Gasteiger charge is 2.74. The van der Waals surface area contributed by atoms with Crippen LogP contribution < -0.4 is 20.1 Å². The molecule has 0 aliphatic carbocycles. The Morgan fingerprint density at radius 3 is 1.06 bits per heavy atom. The number of alkyl halides is 6. The van der Waals surface area contributed by atoms with Gasteiger partial charge in [-0.25, -0.2) is 0 Å². The molecule has 47 heavy (non-hydrogen) atoms. The zero-order chi connectivity index (χ0) is 34.7. The Morgan fingerprint density at radius 2 is 0.787 bits per heavy atom. The second-order valence-corrected chi connectivity index (χ2v) is 14.1. The van der Waals surface area contributed by atoms with Crippen molar-refractivity contribution in [2.24, 2.45) is 0 Å². The molecule has 0 saturated carbocycles. The molecule has 0 spiro atoms. The number of hydrogen-bond donors (Lipinski definition) is 0. The monoisotopic (exact) mass is 704 g/mol. The van der Waals surface area contributed by atoms with Crippen molar-refractivity contribution in [1.29, 1.82) is 0 Å². The highest BCUT2D eigenvalue weighted by molar-refractivity contribution is 7.62. The SMILES string of the molecule is COP(=O)(OC)c1cc(Oc2ccccc2)ccc1C(c1ccc(Oc2ccccc2)cc1P(=O)(OC)OC)(C(F)(F)F)C(F)(F)F. The minimum atomic E-state index is -6.24. The van der Waals surface area contributed by atoms with Crippen LogP contribution in [0.5, 0.6) is 23.0 Å². The molecule has 0 radical (unpaired) electrons. The van der Waals surface area contributed by atoms with Gasteiger partial charge in [0.1, 0.15) is 23.0 Å². The molecule has 0 atom stereocenters. The van der Waals surface area contributed by atoms with Gasteiger partial charge in [-0.15, -0.1) is 0 Å². The van der Waals surface area contributed by atoms with Crippen molar-refractivity contribution in [3.05, 3.63) is 108 Å². The Bertz CT molecular complexity index is 1640. The Labute approximate surface area is 266 Å². The Morgan fingerprint density at radius 1 is 0.468 bits per heavy atom. The van der Waals surface area contributed by atoms with Gasteiger partial charge in [-0.05, 0) is 59.7 Å². The number of benzene rings is 4. The Balaban J connectivity index is 2.15. The van der Waals surface area contributed by atoms with Gasteiger partial charge >= 0.3 is 27.5 Å². The fourth-order valence-corrected chi connectivity index (χ4v) is 7.68. The molecule has 4 aromatic rings. The fourth-order valence-electron chi connectivity index (χ4n) is 4.95. The van der Waals surface area contributed by atoms with Crippen molar-refractivity contribution in [2.45, 2.75) is 17.8 Å². The van der Waals surface area contributed by atoms with Gasteiger partial charge in [0.15, 0.2) is 0 Å². The lowest BCUT2D eigenvalue weighted by molar-refractivity contribution is -0.288. The largest absolute Gasteiger partial charge is 0.457 e. The van der Waals surface area contributed by atoms with Crippen molar-refractivity contribution in [1.82, 2.24) is 0 Å². The molecule has 0 aliphatic rings. The van der Waals surface area contributed by atoms with E-state index in [1.165, 1.54) is 24.3 Å². The number of hydrogen-bond acceptors (Lipinski definition) is 8. The summed E-state index contributed by atoms with van der Waals surface area (Å²) in [5.74, 6) is -0.222. The van der Waals surface area contributed by atoms with Crippen LogP contribution in [0.3, 0.4) is 0 Å². The molecule has 0 unspecified atom stereocenters. The van der Waals surface area contributed by atoms with Crippen LogP contribution in [0.25, 0.3) is 0 Å². The molecule has 252 valence electrons. The molecule has 4 aromatic carbocycles. The maximum Gasteiger partial charge on any atom is 0.411 e. The molecule has 16 heteroatoms. The summed E-state index contributed by atoms with van der Waals surface area (Å²) < 4.78 is 152. The van der Waals surface area contributed by atoms with Crippen LogP contribution >= 0.6 is 15.2 Å². The third-order valence-electron chi connectivity index (χ3n) is 7.11. The second-order valence-electron chi connectivity index (χ2n) is 9.66. The average Bonchev–Trinajstić information content (AvgIpc) is 3.05. The molecule has 0 fully saturated rings. The lowest BCUT2D eigenvalue weighted by Crippen LogP contribution is -2.58. The van der Waals surface area contributed by atoms with E-state index in [0.29, 0.717) is 24.3 Å². The highest BCUT2D eigenvalue weighted by Crippen LogP contribution is 2.61. The zero-order valence-electron chi connectivity index (χ0n) is 25.2. The van der Waals surface area contributed by atoms with Crippen molar-refractivity contribution >= 4 is 25.8 Å². The van der Waals surface area contributed by atoms with E-state index in [2.05, 4.69) is 0 Å². The van der Waals surface area contributed by atoms with E-state index in [9.17, 15) is 9.13 Å². The molecule has 0 aliphatic heterocycles. The summed E-state index contributed by atoms with van der Waals surface area (Å²) in [7, 11) is -6.65. The Kier molecular flexibility index (Phi) is 10.7. The number of rotatable bonds is 12. The van der Waals surface area contributed by atoms with Gasteiger partial charge in [-0.1, -0.05) is 48.5 Å². The predicted molar refractivity (Wildman–Crippen MR) is 161 cm³/mol. The van der Waals surface area contributed by atoms with E-state index in [1.807, 2.05) is 0 Å². The minimum absolute atomic E-state index is 0.172. The molecule has 0 aromatic heterocycles. The van der Waals surface area contributed by atoms with Crippen LogP contribution in [-0.4, -0.2) is 40.8 Å². The van der Waals surface area contributed by atoms with E-state index in [0.717, 1.165) is 40.6 Å². The molecule has 8 nitrogen and oxygen atoms in total. The maximum atomic E-state index is 15.6. The van der Waals surface area contributed by atoms with Crippen molar-refractivity contribution in [3.63, 3.8) is 0 Å². The maximum absolute atomic E-state index is 15.6. The standard InChI is InChI=1S/C31H28F6O8P2/c1-40-46(38,41-2)27-19-23(44-21-11-7-5-8-12-21)15-17-25(27)29(30(32,33)34,31(35,36)37)26-18-16-24(45-22-13-9-6-10-14-22)20-28(26)47(39,42-3)43-4/h5-20H,1-4H3. The molecule has 0 amide bonds. The first-order valence-electron chi connectivity index (χ1n) is 13.4. The van der Waals surface area contributed by atoms with Gasteiger partial charge in [0, 0.05) is 28.4 Å². The topological polar surface area (TPSA) is 89.5 Å². The molecule has 0 saturated heterocycles. The fraction of sp³-hybridized carbons (Fsp3) is 0.226. The van der Waals surface area contributed by atoms with Crippen LogP contribution in [-0.2, 0) is 32.6 Å². The van der Waals surface area contributed by atoms with E-state index >= 15 is 26.3 Å². The molecule has 0 N–H and O–H groups in total. The van der Waals surface area contributed by atoms with Crippen molar-refractivity contribution < 1.29 is 63.0 Å². The molecular weight excluding hydrogens is 676 g/mol. The molecule has 4 rings (SSSR count). The van der Waals surface area contributed by atoms with Crippen LogP contribution in [0.15, 0.2) is 97.1 Å². The summed E-state index contributed by atoms with van der Waals surface area (Å²) in [4.78, 5) is 0. The van der Waals surface area contributed by atoms with Crippen LogP contribution in [0, 0.1) is 0 Å². The highest BCUT2D eigenvalue weighted by atomic mass is 31.2. The summed E-state index contributed by atoms with van der Waals surface area (Å²) in [6.07, 6.45) is -12.5. The smallest absolute Gasteiger partial charge is 0.411 e. The first-order valence-corrected chi connectivity index (χ1v) is 16.5. The minimum Gasteiger partial charge on any atom is -0.457 e. The summed E-state index contributed by atoms with van der Waals surface area (Å²) in [6.45, 7) is 0. The van der Waals surface area contributed by atoms with Gasteiger partial charge in [0.05, 0.1) is 10.6 Å². The number of ether oxygens (including phenoxy) is 2. The van der Waals surface area contributed by atoms with Gasteiger partial charge in [0.25, 0.3) is 0 Å². The third kappa shape index (κ3) is 6.85. The lowest BCUT2D eigenvalue weighted by atomic mass is 9.72. The summed E-state index contributed by atoms with van der Waals surface area (Å²) in [6, 6.07) is 19.6. The lowest BCUT2D eigenvalue weighted by Gasteiger charge is -2.41. The average molecular weight is 704 g/mol. The summed E-state index contributed by atoms with van der Waals surface area (Å²) in [5, 5.41) is -2.24. The van der Waals surface area contributed by atoms with E-state index in [4.69, 9.17) is 27.6 Å². The quantitative estimate of drug-likeness (QED) is 0.107. The zero-order valence-corrected chi connectivity index (χ0v) is 27.0. The first-order chi connectivity index (χ1) is 22.1. The first kappa shape index (κ1) is 36.2. The molecule has 0 bridgehead atoms. The van der Waals surface area contributed by atoms with Crippen LogP contribution in [0.1, 0.15) is 11.1 Å². The number of para-hydroxylation sites is 2. The van der Waals surface area contributed by atoms with Gasteiger partial charge in [-0.2, -0.15) is 26.3 Å². The van der Waals surface area contributed by atoms with E-state index < -0.39 is 54.7 Å². The normalized spacial score (nSPS) is 13.0. The van der Waals surface area contributed by atoms with E-state index in [1.54, 1.807) is 36.4 Å². The van der Waals surface area contributed by atoms with E-state index in [-0.39, 0.29) is 23.0 Å². The predicted octanol–water partition coefficient (Wildman–Crippen LogP) is 8.90. The Hall–Kier alpha value is -3.64. The summed E-state index contributed by atoms with van der Waals surface area (Å²) >= 11 is 0. The molecular formula is C31H28F6O8P2. The molecule has 0 heterocycles. The van der Waals surface area contributed by atoms with Gasteiger partial charge < -0.3 is 27.6 Å². The van der Waals surface area contributed by atoms with Crippen LogP contribution in [0.2, 0.25) is 0 Å². The summed E-state index contributed by atoms with van der Waals surface area (Å²) in [5.41, 5.74) is -8.22.